The van der Waals surface area contributed by atoms with Gasteiger partial charge in [-0.05, 0) is 66.4 Å². The lowest BCUT2D eigenvalue weighted by molar-refractivity contribution is -0.119. The summed E-state index contributed by atoms with van der Waals surface area (Å²) >= 11 is 0. The van der Waals surface area contributed by atoms with Crippen molar-refractivity contribution in [3.63, 3.8) is 0 Å². The third-order valence-electron chi connectivity index (χ3n) is 7.49. The summed E-state index contributed by atoms with van der Waals surface area (Å²) in [6.45, 7) is 4.05. The van der Waals surface area contributed by atoms with E-state index in [0.717, 1.165) is 42.6 Å². The third-order valence-corrected chi connectivity index (χ3v) is 7.49. The molecule has 1 N–H and O–H groups in total. The molecule has 2 aliphatic heterocycles. The second kappa shape index (κ2) is 10.7. The molecule has 40 heavy (non-hydrogen) atoms. The number of rotatable bonds is 5. The van der Waals surface area contributed by atoms with Gasteiger partial charge in [-0.3, -0.25) is 14.4 Å². The lowest BCUT2D eigenvalue weighted by atomic mass is 10.1. The minimum atomic E-state index is -0.207. The SMILES string of the molecule is Cc1ccc(C(=O)N2CC(=O)N(Cc3ccc(C(=O)N4CCCC4)cc3)c3cc(-c4nn[nH]n4)ccc3C2)cc1. The molecule has 0 aliphatic carbocycles. The molecular weight excluding hydrogens is 506 g/mol. The summed E-state index contributed by atoms with van der Waals surface area (Å²) in [7, 11) is 0. The molecule has 0 spiro atoms. The first-order valence-electron chi connectivity index (χ1n) is 13.4. The summed E-state index contributed by atoms with van der Waals surface area (Å²) in [5.41, 5.74) is 5.33. The summed E-state index contributed by atoms with van der Waals surface area (Å²) in [5.74, 6) is 0.0435. The van der Waals surface area contributed by atoms with E-state index in [0.29, 0.717) is 28.2 Å². The molecule has 6 rings (SSSR count). The summed E-state index contributed by atoms with van der Waals surface area (Å²) in [6.07, 6.45) is 2.07. The number of nitrogens with one attached hydrogen (secondary N) is 1. The van der Waals surface area contributed by atoms with Crippen LogP contribution < -0.4 is 4.90 Å². The molecule has 1 fully saturated rings. The van der Waals surface area contributed by atoms with Crippen molar-refractivity contribution in [2.45, 2.75) is 32.9 Å². The van der Waals surface area contributed by atoms with Gasteiger partial charge >= 0.3 is 0 Å². The van der Waals surface area contributed by atoms with E-state index in [2.05, 4.69) is 20.6 Å². The highest BCUT2D eigenvalue weighted by molar-refractivity contribution is 6.02. The minimum Gasteiger partial charge on any atom is -0.339 e. The van der Waals surface area contributed by atoms with E-state index in [9.17, 15) is 14.4 Å². The van der Waals surface area contributed by atoms with Gasteiger partial charge in [0.05, 0.1) is 6.54 Å². The van der Waals surface area contributed by atoms with Crippen LogP contribution in [0.5, 0.6) is 0 Å². The van der Waals surface area contributed by atoms with Crippen LogP contribution in [0.2, 0.25) is 0 Å². The number of nitrogens with zero attached hydrogens (tertiary/aromatic N) is 6. The fourth-order valence-electron chi connectivity index (χ4n) is 5.25. The van der Waals surface area contributed by atoms with Crippen LogP contribution in [-0.2, 0) is 17.9 Å². The van der Waals surface area contributed by atoms with E-state index in [1.165, 1.54) is 0 Å². The van der Waals surface area contributed by atoms with Crippen molar-refractivity contribution < 1.29 is 14.4 Å². The Morgan fingerprint density at radius 1 is 0.850 bits per heavy atom. The standard InChI is InChI=1S/C30H29N7O3/c1-20-4-8-22(9-5-20)30(40)36-18-25-13-12-24(28-31-33-34-32-28)16-26(25)37(27(38)19-36)17-21-6-10-23(11-7-21)29(39)35-14-2-3-15-35/h4-13,16H,2-3,14-15,17-19H2,1H3,(H,31,32,33,34). The second-order valence-electron chi connectivity index (χ2n) is 10.3. The molecule has 0 unspecified atom stereocenters. The number of likely N-dealkylation sites (tertiary alicyclic amines) is 1. The fraction of sp³-hybridized carbons (Fsp3) is 0.267. The Kier molecular flexibility index (Phi) is 6.81. The smallest absolute Gasteiger partial charge is 0.254 e. The van der Waals surface area contributed by atoms with Gasteiger partial charge in [-0.2, -0.15) is 5.21 Å². The monoisotopic (exact) mass is 535 g/mol. The van der Waals surface area contributed by atoms with Gasteiger partial charge in [-0.15, -0.1) is 10.2 Å². The lowest BCUT2D eigenvalue weighted by Crippen LogP contribution is -2.39. The molecule has 10 nitrogen and oxygen atoms in total. The van der Waals surface area contributed by atoms with E-state index in [1.54, 1.807) is 21.9 Å². The van der Waals surface area contributed by atoms with E-state index in [4.69, 9.17) is 0 Å². The molecule has 1 saturated heterocycles. The Labute approximate surface area is 231 Å². The van der Waals surface area contributed by atoms with Crippen LogP contribution >= 0.6 is 0 Å². The van der Waals surface area contributed by atoms with Crippen LogP contribution in [0, 0.1) is 6.92 Å². The first-order chi connectivity index (χ1) is 19.5. The first kappa shape index (κ1) is 25.4. The normalized spacial score (nSPS) is 15.2. The van der Waals surface area contributed by atoms with Gasteiger partial charge in [0.2, 0.25) is 11.7 Å². The fourth-order valence-corrected chi connectivity index (χ4v) is 5.25. The molecule has 1 aromatic heterocycles. The molecule has 2 aliphatic rings. The number of H-pyrrole nitrogens is 1. The van der Waals surface area contributed by atoms with Crippen LogP contribution in [0.3, 0.4) is 0 Å². The number of tetrazole rings is 1. The molecule has 202 valence electrons. The first-order valence-corrected chi connectivity index (χ1v) is 13.4. The number of aromatic nitrogens is 4. The number of aromatic amines is 1. The Hall–Kier alpha value is -4.86. The molecule has 3 heterocycles. The van der Waals surface area contributed by atoms with Gasteiger partial charge in [-0.1, -0.05) is 42.0 Å². The molecule has 10 heteroatoms. The third kappa shape index (κ3) is 5.07. The van der Waals surface area contributed by atoms with Crippen molar-refractivity contribution in [1.29, 1.82) is 0 Å². The molecule has 0 atom stereocenters. The number of amides is 3. The summed E-state index contributed by atoms with van der Waals surface area (Å²) < 4.78 is 0. The topological polar surface area (TPSA) is 115 Å². The Bertz CT molecular complexity index is 1540. The maximum absolute atomic E-state index is 13.8. The van der Waals surface area contributed by atoms with Crippen molar-refractivity contribution in [1.82, 2.24) is 30.4 Å². The zero-order valence-corrected chi connectivity index (χ0v) is 22.2. The van der Waals surface area contributed by atoms with Crippen LogP contribution in [0.4, 0.5) is 5.69 Å². The van der Waals surface area contributed by atoms with Crippen molar-refractivity contribution in [3.8, 4) is 11.4 Å². The minimum absolute atomic E-state index is 0.0373. The Balaban J connectivity index is 1.31. The van der Waals surface area contributed by atoms with Gasteiger partial charge in [0.15, 0.2) is 0 Å². The molecule has 3 aromatic carbocycles. The van der Waals surface area contributed by atoms with E-state index >= 15 is 0 Å². The van der Waals surface area contributed by atoms with Crippen molar-refractivity contribution in [3.05, 3.63) is 94.5 Å². The molecule has 0 saturated carbocycles. The number of hydrogen-bond donors (Lipinski definition) is 1. The maximum Gasteiger partial charge on any atom is 0.254 e. The van der Waals surface area contributed by atoms with Crippen molar-refractivity contribution in [2.75, 3.05) is 24.5 Å². The molecule has 3 amide bonds. The number of hydrogen-bond acceptors (Lipinski definition) is 6. The van der Waals surface area contributed by atoms with Crippen molar-refractivity contribution >= 4 is 23.4 Å². The van der Waals surface area contributed by atoms with Gasteiger partial charge in [-0.25, -0.2) is 0 Å². The van der Waals surface area contributed by atoms with Crippen molar-refractivity contribution in [2.24, 2.45) is 0 Å². The largest absolute Gasteiger partial charge is 0.339 e. The van der Waals surface area contributed by atoms with E-state index < -0.39 is 0 Å². The zero-order valence-electron chi connectivity index (χ0n) is 22.2. The molecule has 0 radical (unpaired) electrons. The second-order valence-corrected chi connectivity index (χ2v) is 10.3. The number of carbonyl (C=O) groups excluding carboxylic acids is 3. The summed E-state index contributed by atoms with van der Waals surface area (Å²) in [5, 5.41) is 14.3. The van der Waals surface area contributed by atoms with Gasteiger partial charge in [0.1, 0.15) is 6.54 Å². The van der Waals surface area contributed by atoms with Crippen LogP contribution in [-0.4, -0.2) is 67.8 Å². The summed E-state index contributed by atoms with van der Waals surface area (Å²) in [4.78, 5) is 45.1. The highest BCUT2D eigenvalue weighted by Gasteiger charge is 2.30. The Morgan fingerprint density at radius 3 is 2.20 bits per heavy atom. The number of benzene rings is 3. The highest BCUT2D eigenvalue weighted by atomic mass is 16.2. The predicted octanol–water partition coefficient (Wildman–Crippen LogP) is 3.60. The summed E-state index contributed by atoms with van der Waals surface area (Å²) in [6, 6.07) is 20.4. The van der Waals surface area contributed by atoms with Gasteiger partial charge in [0, 0.05) is 42.0 Å². The number of anilines is 1. The van der Waals surface area contributed by atoms with Gasteiger partial charge < -0.3 is 14.7 Å². The van der Waals surface area contributed by atoms with Gasteiger partial charge in [0.25, 0.3) is 11.8 Å². The molecule has 0 bridgehead atoms. The molecular formula is C30H29N7O3. The average Bonchev–Trinajstić information content (AvgIpc) is 3.69. The number of fused-ring (bicyclic) bond motifs is 1. The molecule has 4 aromatic rings. The average molecular weight is 536 g/mol. The quantitative estimate of drug-likeness (QED) is 0.418. The van der Waals surface area contributed by atoms with Crippen LogP contribution in [0.1, 0.15) is 50.2 Å². The van der Waals surface area contributed by atoms with E-state index in [-0.39, 0.29) is 37.4 Å². The highest BCUT2D eigenvalue weighted by Crippen LogP contribution is 2.32. The lowest BCUT2D eigenvalue weighted by Gasteiger charge is -2.24. The predicted molar refractivity (Wildman–Crippen MR) is 148 cm³/mol. The number of carbonyl (C=O) groups is 3. The number of aryl methyl sites for hydroxylation is 1. The van der Waals surface area contributed by atoms with E-state index in [1.807, 2.05) is 66.4 Å². The van der Waals surface area contributed by atoms with Crippen LogP contribution in [0.25, 0.3) is 11.4 Å². The maximum atomic E-state index is 13.8. The Morgan fingerprint density at radius 2 is 1.52 bits per heavy atom. The zero-order chi connectivity index (χ0) is 27.6. The van der Waals surface area contributed by atoms with Crippen LogP contribution in [0.15, 0.2) is 66.7 Å².